The maximum Gasteiger partial charge on any atom is 0.148 e. The summed E-state index contributed by atoms with van der Waals surface area (Å²) in [4.78, 5) is 12.1. The second-order valence-corrected chi connectivity index (χ2v) is 4.64. The zero-order chi connectivity index (χ0) is 13.0. The first-order valence-corrected chi connectivity index (χ1v) is 5.80. The fourth-order valence-electron chi connectivity index (χ4n) is 1.22. The van der Waals surface area contributed by atoms with E-state index >= 15 is 0 Å². The van der Waals surface area contributed by atoms with Crippen LogP contribution in [0, 0.1) is 0 Å². The number of nitrogens with one attached hydrogen (secondary N) is 1. The molecule has 0 amide bonds. The van der Waals surface area contributed by atoms with Gasteiger partial charge in [-0.3, -0.25) is 0 Å². The van der Waals surface area contributed by atoms with Gasteiger partial charge in [0.15, 0.2) is 0 Å². The Morgan fingerprint density at radius 3 is 2.47 bits per heavy atom. The first-order valence-electron chi connectivity index (χ1n) is 5.04. The molecular weight excluding hydrogens is 265 g/mol. The summed E-state index contributed by atoms with van der Waals surface area (Å²) in [6.07, 6.45) is 0. The van der Waals surface area contributed by atoms with Gasteiger partial charge in [0.2, 0.25) is 0 Å². The van der Waals surface area contributed by atoms with E-state index in [9.17, 15) is 9.90 Å². The van der Waals surface area contributed by atoms with Crippen molar-refractivity contribution < 1.29 is 19.5 Å². The summed E-state index contributed by atoms with van der Waals surface area (Å²) in [5.74, 6) is -1.33. The van der Waals surface area contributed by atoms with Crippen molar-refractivity contribution in [2.45, 2.75) is 0 Å². The van der Waals surface area contributed by atoms with Gasteiger partial charge in [-0.25, -0.2) is 0 Å². The smallest absolute Gasteiger partial charge is 0.148 e. The number of rotatable bonds is 5. The Balaban J connectivity index is 2.96. The third-order valence-corrected chi connectivity index (χ3v) is 2.72. The minimum absolute atomic E-state index is 0.0570. The van der Waals surface area contributed by atoms with Crippen LogP contribution in [0.25, 0.3) is 0 Å². The predicted octanol–water partition coefficient (Wildman–Crippen LogP) is -0.120. The number of quaternary nitrogens is 1. The number of halogens is 2. The van der Waals surface area contributed by atoms with Crippen molar-refractivity contribution in [3.63, 3.8) is 0 Å². The number of benzene rings is 1. The van der Waals surface area contributed by atoms with E-state index in [1.54, 1.807) is 0 Å². The molecule has 0 saturated carbocycles. The van der Waals surface area contributed by atoms with Gasteiger partial charge in [0.25, 0.3) is 0 Å². The van der Waals surface area contributed by atoms with Crippen molar-refractivity contribution in [3.8, 4) is 5.75 Å². The van der Waals surface area contributed by atoms with Crippen LogP contribution in [0.3, 0.4) is 0 Å². The molecule has 1 aromatic rings. The standard InChI is InChI=1S/C11H13Cl2NO3/c1-14(2)5-6-17-10-8(13)4-3-7(12)9(10)11(15)16/h3-4H,5-6H2,1-2H3,(H,15,16). The molecule has 4 nitrogen and oxygen atoms in total. The lowest BCUT2D eigenvalue weighted by Gasteiger charge is -2.15. The first-order chi connectivity index (χ1) is 7.93. The lowest BCUT2D eigenvalue weighted by atomic mass is 10.2. The number of hydrogen-bond donors (Lipinski definition) is 1. The normalized spacial score (nSPS) is 10.6. The number of hydrogen-bond acceptors (Lipinski definition) is 3. The number of carboxylic acid groups (broad SMARTS) is 1. The molecule has 0 radical (unpaired) electrons. The van der Waals surface area contributed by atoms with Crippen LogP contribution in [-0.4, -0.2) is 33.2 Å². The van der Waals surface area contributed by atoms with Gasteiger partial charge < -0.3 is 19.5 Å². The molecule has 94 valence electrons. The number of carbonyl (C=O) groups is 1. The summed E-state index contributed by atoms with van der Waals surface area (Å²) in [5, 5.41) is 11.2. The quantitative estimate of drug-likeness (QED) is 0.817. The van der Waals surface area contributed by atoms with E-state index in [0.717, 1.165) is 6.54 Å². The molecule has 0 atom stereocenters. The molecule has 0 aliphatic rings. The van der Waals surface area contributed by atoms with Crippen LogP contribution >= 0.6 is 23.2 Å². The van der Waals surface area contributed by atoms with E-state index in [2.05, 4.69) is 0 Å². The topological polar surface area (TPSA) is 53.8 Å². The molecule has 1 aromatic carbocycles. The van der Waals surface area contributed by atoms with Crippen LogP contribution in [0.15, 0.2) is 12.1 Å². The minimum atomic E-state index is -1.40. The van der Waals surface area contributed by atoms with Gasteiger partial charge >= 0.3 is 0 Å². The van der Waals surface area contributed by atoms with Crippen LogP contribution in [-0.2, 0) is 0 Å². The highest BCUT2D eigenvalue weighted by Crippen LogP contribution is 2.33. The van der Waals surface area contributed by atoms with E-state index in [0.29, 0.717) is 6.61 Å². The predicted molar refractivity (Wildman–Crippen MR) is 64.0 cm³/mol. The second-order valence-electron chi connectivity index (χ2n) is 3.83. The van der Waals surface area contributed by atoms with Crippen LogP contribution in [0.4, 0.5) is 0 Å². The summed E-state index contributed by atoms with van der Waals surface area (Å²) in [6.45, 7) is 1.07. The molecule has 0 saturated heterocycles. The Bertz CT molecular complexity index is 421. The zero-order valence-electron chi connectivity index (χ0n) is 9.55. The lowest BCUT2D eigenvalue weighted by Crippen LogP contribution is -3.06. The molecule has 1 rings (SSSR count). The molecule has 0 fully saturated rings. The second kappa shape index (κ2) is 6.10. The molecule has 0 bridgehead atoms. The van der Waals surface area contributed by atoms with Gasteiger partial charge in [-0.15, -0.1) is 0 Å². The van der Waals surface area contributed by atoms with Gasteiger partial charge in [-0.1, -0.05) is 23.2 Å². The van der Waals surface area contributed by atoms with Gasteiger partial charge in [-0.2, -0.15) is 0 Å². The Kier molecular flexibility index (Phi) is 5.05. The van der Waals surface area contributed by atoms with Crippen molar-refractivity contribution in [1.29, 1.82) is 0 Å². The monoisotopic (exact) mass is 277 g/mol. The highest BCUT2D eigenvalue weighted by molar-refractivity contribution is 6.36. The summed E-state index contributed by atoms with van der Waals surface area (Å²) >= 11 is 11.7. The Morgan fingerprint density at radius 2 is 1.94 bits per heavy atom. The lowest BCUT2D eigenvalue weighted by molar-refractivity contribution is -0.858. The van der Waals surface area contributed by atoms with Gasteiger partial charge in [0, 0.05) is 0 Å². The van der Waals surface area contributed by atoms with Crippen molar-refractivity contribution in [2.24, 2.45) is 0 Å². The first kappa shape index (κ1) is 14.1. The van der Waals surface area contributed by atoms with Crippen LogP contribution in [0.5, 0.6) is 5.75 Å². The summed E-state index contributed by atoms with van der Waals surface area (Å²) in [5.41, 5.74) is -0.201. The van der Waals surface area contributed by atoms with Crippen molar-refractivity contribution in [3.05, 3.63) is 27.7 Å². The Hall–Kier alpha value is -0.970. The fraction of sp³-hybridized carbons (Fsp3) is 0.364. The molecule has 6 heteroatoms. The van der Waals surface area contributed by atoms with Crippen molar-refractivity contribution in [2.75, 3.05) is 27.2 Å². The molecule has 0 aliphatic carbocycles. The maximum absolute atomic E-state index is 11.0. The van der Waals surface area contributed by atoms with Gasteiger partial charge in [0.1, 0.15) is 18.9 Å². The maximum atomic E-state index is 11.0. The molecule has 0 spiro atoms. The molecule has 1 N–H and O–H groups in total. The number of carbonyl (C=O) groups excluding carboxylic acids is 1. The van der Waals surface area contributed by atoms with Crippen LogP contribution < -0.4 is 14.7 Å². The van der Waals surface area contributed by atoms with Crippen molar-refractivity contribution >= 4 is 29.2 Å². The van der Waals surface area contributed by atoms with Crippen LogP contribution in [0.2, 0.25) is 10.0 Å². The average molecular weight is 278 g/mol. The molecule has 0 aromatic heterocycles. The highest BCUT2D eigenvalue weighted by Gasteiger charge is 2.14. The Morgan fingerprint density at radius 1 is 1.35 bits per heavy atom. The third-order valence-electron chi connectivity index (χ3n) is 2.11. The molecule has 0 heterocycles. The number of carboxylic acids is 1. The molecule has 17 heavy (non-hydrogen) atoms. The van der Waals surface area contributed by atoms with E-state index in [1.165, 1.54) is 17.0 Å². The van der Waals surface area contributed by atoms with E-state index in [-0.39, 0.29) is 21.4 Å². The minimum Gasteiger partial charge on any atom is -0.545 e. The van der Waals surface area contributed by atoms with E-state index < -0.39 is 5.97 Å². The fourth-order valence-corrected chi connectivity index (χ4v) is 1.66. The molecule has 0 unspecified atom stereocenters. The summed E-state index contributed by atoms with van der Waals surface area (Å²) < 4.78 is 5.36. The number of likely N-dealkylation sites (N-methyl/N-ethyl adjacent to an activating group) is 1. The van der Waals surface area contributed by atoms with Gasteiger partial charge in [-0.05, 0) is 12.1 Å². The number of ether oxygens (including phenoxy) is 1. The Labute approximate surface area is 110 Å². The molecule has 0 aliphatic heterocycles. The average Bonchev–Trinajstić information content (AvgIpc) is 2.22. The van der Waals surface area contributed by atoms with Gasteiger partial charge in [0.05, 0.1) is 35.7 Å². The highest BCUT2D eigenvalue weighted by atomic mass is 35.5. The summed E-state index contributed by atoms with van der Waals surface area (Å²) in [7, 11) is 3.92. The van der Waals surface area contributed by atoms with Crippen molar-refractivity contribution in [1.82, 2.24) is 0 Å². The van der Waals surface area contributed by atoms with Crippen LogP contribution in [0.1, 0.15) is 10.4 Å². The summed E-state index contributed by atoms with van der Waals surface area (Å²) in [6, 6.07) is 2.90. The van der Waals surface area contributed by atoms with E-state index in [4.69, 9.17) is 27.9 Å². The van der Waals surface area contributed by atoms with E-state index in [1.807, 2.05) is 14.1 Å². The zero-order valence-corrected chi connectivity index (χ0v) is 11.1. The SMILES string of the molecule is C[NH+](C)CCOc1c(Cl)ccc(Cl)c1C(=O)[O-]. The number of aromatic carboxylic acids is 1. The largest absolute Gasteiger partial charge is 0.545 e. The third kappa shape index (κ3) is 3.77. The molecular formula is C11H13Cl2NO3.